The second kappa shape index (κ2) is 8.28. The van der Waals surface area contributed by atoms with Gasteiger partial charge in [-0.1, -0.05) is 20.6 Å². The van der Waals surface area contributed by atoms with Crippen LogP contribution in [0.3, 0.4) is 0 Å². The van der Waals surface area contributed by atoms with Crippen LogP contribution in [0.4, 0.5) is 17.3 Å². The number of nitrogens with one attached hydrogen (secondary N) is 1. The molecule has 130 valence electrons. The van der Waals surface area contributed by atoms with E-state index < -0.39 is 7.25 Å². The Morgan fingerprint density at radius 1 is 1.00 bits per heavy atom. The summed E-state index contributed by atoms with van der Waals surface area (Å²) in [7, 11) is -6.00. The fourth-order valence-corrected chi connectivity index (χ4v) is 2.32. The van der Waals surface area contributed by atoms with Gasteiger partial charge in [-0.3, -0.25) is 4.79 Å². The van der Waals surface area contributed by atoms with Gasteiger partial charge < -0.3 is 17.3 Å². The molecule has 0 unspecified atom stereocenters. The first kappa shape index (κ1) is 20.2. The minimum absolute atomic E-state index is 0.118. The molecular weight excluding hydrogens is 391 g/mol. The molecule has 24 heavy (non-hydrogen) atoms. The molecule has 0 radical (unpaired) electrons. The van der Waals surface area contributed by atoms with Gasteiger partial charge in [-0.05, 0) is 36.8 Å². The Morgan fingerprint density at radius 2 is 1.42 bits per heavy atom. The number of hydrogen-bond acceptors (Lipinski definition) is 1. The molecule has 0 fully saturated rings. The normalized spacial score (nSPS) is 10.7. The van der Waals surface area contributed by atoms with E-state index in [9.17, 15) is 22.1 Å². The Balaban J connectivity index is 0.000000505. The molecule has 2 aromatic rings. The highest BCUT2D eigenvalue weighted by molar-refractivity contribution is 9.10. The van der Waals surface area contributed by atoms with Crippen molar-refractivity contribution in [2.24, 2.45) is 0 Å². The molecule has 1 heterocycles. The second-order valence-electron chi connectivity index (χ2n) is 5.09. The van der Waals surface area contributed by atoms with Crippen LogP contribution >= 0.6 is 15.9 Å². The van der Waals surface area contributed by atoms with Crippen molar-refractivity contribution in [2.45, 2.75) is 20.8 Å². The first-order chi connectivity index (χ1) is 11.0. The standard InChI is InChI=1S/C15H15BrN2O.BF4/c1-10-8-11(2)18(12(3)9-10)17-15(19)13-4-6-14(16)7-5-13;2-1(3,4)5/h4-9H,1-3H3;/q;-1/p+1. The number of hydrogen-bond donors (Lipinski definition) is 1. The highest BCUT2D eigenvalue weighted by Gasteiger charge is 2.20. The van der Waals surface area contributed by atoms with Gasteiger partial charge in [0.05, 0.1) is 0 Å². The summed E-state index contributed by atoms with van der Waals surface area (Å²) in [6, 6.07) is 11.4. The molecule has 1 aromatic carbocycles. The van der Waals surface area contributed by atoms with Gasteiger partial charge in [0.25, 0.3) is 0 Å². The fourth-order valence-electron chi connectivity index (χ4n) is 2.05. The summed E-state index contributed by atoms with van der Waals surface area (Å²) in [6.45, 7) is 5.99. The number of nitrogens with zero attached hydrogens (tertiary/aromatic N) is 1. The number of benzene rings is 1. The molecule has 3 nitrogen and oxygen atoms in total. The predicted octanol–water partition coefficient (Wildman–Crippen LogP) is 4.35. The largest absolute Gasteiger partial charge is 0.673 e. The van der Waals surface area contributed by atoms with Gasteiger partial charge in [0.2, 0.25) is 11.4 Å². The molecule has 1 N–H and O–H groups in total. The van der Waals surface area contributed by atoms with Crippen LogP contribution in [0.25, 0.3) is 0 Å². The zero-order valence-electron chi connectivity index (χ0n) is 13.3. The zero-order valence-corrected chi connectivity index (χ0v) is 14.9. The van der Waals surface area contributed by atoms with Crippen molar-refractivity contribution in [3.63, 3.8) is 0 Å². The van der Waals surface area contributed by atoms with Gasteiger partial charge in [-0.2, -0.15) is 0 Å². The van der Waals surface area contributed by atoms with E-state index in [1.807, 2.05) is 45.0 Å². The van der Waals surface area contributed by atoms with Gasteiger partial charge >= 0.3 is 13.2 Å². The monoisotopic (exact) mass is 406 g/mol. The highest BCUT2D eigenvalue weighted by atomic mass is 79.9. The van der Waals surface area contributed by atoms with Crippen molar-refractivity contribution in [1.82, 2.24) is 0 Å². The number of halogens is 5. The minimum Gasteiger partial charge on any atom is -0.418 e. The average molecular weight is 407 g/mol. The minimum atomic E-state index is -6.00. The van der Waals surface area contributed by atoms with Gasteiger partial charge in [0.15, 0.2) is 0 Å². The van der Waals surface area contributed by atoms with E-state index in [-0.39, 0.29) is 5.91 Å². The number of aryl methyl sites for hydroxylation is 3. The summed E-state index contributed by atoms with van der Waals surface area (Å²) in [6.07, 6.45) is 0. The summed E-state index contributed by atoms with van der Waals surface area (Å²) in [5, 5.41) is 0. The van der Waals surface area contributed by atoms with Crippen LogP contribution < -0.4 is 10.1 Å². The molecule has 0 spiro atoms. The van der Waals surface area contributed by atoms with E-state index in [2.05, 4.69) is 21.4 Å². The van der Waals surface area contributed by atoms with Crippen molar-refractivity contribution in [3.05, 3.63) is 63.4 Å². The SMILES string of the molecule is Cc1cc(C)[n+](NC(=O)c2ccc(Br)cc2)c(C)c1.F[B-](F)(F)F. The van der Waals surface area contributed by atoms with Crippen molar-refractivity contribution >= 4 is 29.1 Å². The molecule has 0 bridgehead atoms. The molecular formula is C15H16BBrF4N2O. The van der Waals surface area contributed by atoms with Crippen molar-refractivity contribution in [2.75, 3.05) is 5.43 Å². The Hall–Kier alpha value is -1.90. The maximum Gasteiger partial charge on any atom is 0.673 e. The molecule has 0 aliphatic rings. The quantitative estimate of drug-likeness (QED) is 0.449. The van der Waals surface area contributed by atoms with Crippen LogP contribution in [-0.2, 0) is 0 Å². The zero-order chi connectivity index (χ0) is 18.5. The van der Waals surface area contributed by atoms with Gasteiger partial charge in [-0.15, -0.1) is 5.43 Å². The molecule has 2 rings (SSSR count). The van der Waals surface area contributed by atoms with Gasteiger partial charge in [-0.25, -0.2) is 0 Å². The third-order valence-corrected chi connectivity index (χ3v) is 3.43. The van der Waals surface area contributed by atoms with Crippen LogP contribution in [0.1, 0.15) is 27.3 Å². The lowest BCUT2D eigenvalue weighted by Gasteiger charge is -2.05. The second-order valence-corrected chi connectivity index (χ2v) is 6.01. The van der Waals surface area contributed by atoms with Crippen molar-refractivity contribution < 1.29 is 26.7 Å². The van der Waals surface area contributed by atoms with E-state index in [4.69, 9.17) is 0 Å². The first-order valence-electron chi connectivity index (χ1n) is 6.91. The lowest BCUT2D eigenvalue weighted by molar-refractivity contribution is -0.654. The fraction of sp³-hybridized carbons (Fsp3) is 0.200. The summed E-state index contributed by atoms with van der Waals surface area (Å²) in [4.78, 5) is 12.2. The molecule has 9 heteroatoms. The van der Waals surface area contributed by atoms with Crippen molar-refractivity contribution in [3.8, 4) is 0 Å². The van der Waals surface area contributed by atoms with E-state index in [0.29, 0.717) is 5.56 Å². The lowest BCUT2D eigenvalue weighted by Crippen LogP contribution is -2.52. The highest BCUT2D eigenvalue weighted by Crippen LogP contribution is 2.10. The topological polar surface area (TPSA) is 33.0 Å². The maximum absolute atomic E-state index is 12.2. The number of rotatable bonds is 2. The number of aromatic nitrogens is 1. The predicted molar refractivity (Wildman–Crippen MR) is 88.9 cm³/mol. The van der Waals surface area contributed by atoms with Gasteiger partial charge in [0.1, 0.15) is 0 Å². The molecule has 0 saturated heterocycles. The van der Waals surface area contributed by atoms with Crippen LogP contribution in [0.5, 0.6) is 0 Å². The average Bonchev–Trinajstić information content (AvgIpc) is 2.41. The maximum atomic E-state index is 12.2. The lowest BCUT2D eigenvalue weighted by atomic mass is 10.2. The summed E-state index contributed by atoms with van der Waals surface area (Å²) in [5.41, 5.74) is 6.73. The Labute approximate surface area is 145 Å². The van der Waals surface area contributed by atoms with E-state index in [1.54, 1.807) is 16.8 Å². The first-order valence-corrected chi connectivity index (χ1v) is 7.71. The number of pyridine rings is 1. The Kier molecular flexibility index (Phi) is 6.95. The van der Waals surface area contributed by atoms with Crippen LogP contribution in [0, 0.1) is 20.8 Å². The molecule has 0 saturated carbocycles. The number of carbonyl (C=O) groups is 1. The van der Waals surface area contributed by atoms with Crippen LogP contribution in [0.15, 0.2) is 40.9 Å². The summed E-state index contributed by atoms with van der Waals surface area (Å²) >= 11 is 3.36. The van der Waals surface area contributed by atoms with E-state index in [0.717, 1.165) is 15.9 Å². The van der Waals surface area contributed by atoms with Gasteiger partial charge in [0, 0.05) is 36.0 Å². The molecule has 0 aliphatic heterocycles. The third-order valence-electron chi connectivity index (χ3n) is 2.90. The van der Waals surface area contributed by atoms with E-state index >= 15 is 0 Å². The van der Waals surface area contributed by atoms with Crippen LogP contribution in [0.2, 0.25) is 0 Å². The summed E-state index contributed by atoms with van der Waals surface area (Å²) < 4.78 is 41.8. The summed E-state index contributed by atoms with van der Waals surface area (Å²) in [5.74, 6) is -0.118. The third kappa shape index (κ3) is 7.12. The molecule has 1 aromatic heterocycles. The number of amides is 1. The number of carbonyl (C=O) groups excluding carboxylic acids is 1. The van der Waals surface area contributed by atoms with Crippen LogP contribution in [-0.4, -0.2) is 13.2 Å². The molecule has 0 atom stereocenters. The Bertz CT molecular complexity index is 691. The molecule has 0 aliphatic carbocycles. The van der Waals surface area contributed by atoms with E-state index in [1.165, 1.54) is 5.56 Å². The smallest absolute Gasteiger partial charge is 0.418 e. The van der Waals surface area contributed by atoms with Crippen molar-refractivity contribution in [1.29, 1.82) is 0 Å². The molecule has 1 amide bonds. The Morgan fingerprint density at radius 3 is 1.83 bits per heavy atom.